The van der Waals surface area contributed by atoms with Crippen molar-refractivity contribution in [2.45, 2.75) is 59.3 Å². The summed E-state index contributed by atoms with van der Waals surface area (Å²) in [4.78, 5) is 14.5. The summed E-state index contributed by atoms with van der Waals surface area (Å²) in [5, 5.41) is 1.28. The summed E-state index contributed by atoms with van der Waals surface area (Å²) in [6, 6.07) is 0. The molecule has 0 radical (unpaired) electrons. The van der Waals surface area contributed by atoms with Gasteiger partial charge in [0.25, 0.3) is 0 Å². The summed E-state index contributed by atoms with van der Waals surface area (Å²) >= 11 is 0. The molecular formula is C18H28NOP. The van der Waals surface area contributed by atoms with Gasteiger partial charge in [0.2, 0.25) is 5.91 Å². The van der Waals surface area contributed by atoms with E-state index in [1.165, 1.54) is 10.9 Å². The van der Waals surface area contributed by atoms with E-state index in [0.717, 1.165) is 50.8 Å². The largest absolute Gasteiger partial charge is 0.312 e. The van der Waals surface area contributed by atoms with Crippen LogP contribution in [0, 0.1) is 5.41 Å². The molecule has 0 aromatic heterocycles. The number of hydrogen-bond acceptors (Lipinski definition) is 1. The maximum Gasteiger partial charge on any atom is 0.227 e. The quantitative estimate of drug-likeness (QED) is 0.668. The van der Waals surface area contributed by atoms with E-state index in [1.54, 1.807) is 0 Å². The third-order valence-electron chi connectivity index (χ3n) is 4.69. The number of hydrogen-bond donors (Lipinski definition) is 0. The molecule has 2 nitrogen and oxygen atoms in total. The van der Waals surface area contributed by atoms with E-state index >= 15 is 0 Å². The van der Waals surface area contributed by atoms with Gasteiger partial charge >= 0.3 is 0 Å². The van der Waals surface area contributed by atoms with Crippen molar-refractivity contribution in [2.75, 3.05) is 6.54 Å². The maximum atomic E-state index is 12.5. The topological polar surface area (TPSA) is 20.3 Å². The molecule has 0 aromatic carbocycles. The Kier molecular flexibility index (Phi) is 5.43. The van der Waals surface area contributed by atoms with E-state index in [9.17, 15) is 4.79 Å². The summed E-state index contributed by atoms with van der Waals surface area (Å²) in [5.41, 5.74) is 2.65. The Morgan fingerprint density at radius 2 is 1.95 bits per heavy atom. The highest BCUT2D eigenvalue weighted by Crippen LogP contribution is 2.42. The van der Waals surface area contributed by atoms with Gasteiger partial charge in [0, 0.05) is 18.7 Å². The van der Waals surface area contributed by atoms with Crippen LogP contribution >= 0.6 is 9.24 Å². The summed E-state index contributed by atoms with van der Waals surface area (Å²) in [7, 11) is 2.76. The fourth-order valence-electron chi connectivity index (χ4n) is 3.68. The number of carbonyl (C=O) groups is 1. The summed E-state index contributed by atoms with van der Waals surface area (Å²) < 4.78 is 0. The molecule has 2 rings (SSSR count). The minimum atomic E-state index is 0.210. The summed E-state index contributed by atoms with van der Waals surface area (Å²) in [5.74, 6) is 0.308. The lowest BCUT2D eigenvalue weighted by Gasteiger charge is -2.29. The van der Waals surface area contributed by atoms with Gasteiger partial charge in [0.05, 0.1) is 0 Å². The molecule has 0 aromatic rings. The number of nitrogens with zero attached hydrogens (tertiary/aromatic N) is 1. The van der Waals surface area contributed by atoms with Gasteiger partial charge in [-0.05, 0) is 43.3 Å². The number of likely N-dealkylation sites (tertiary alicyclic amines) is 1. The zero-order valence-electron chi connectivity index (χ0n) is 13.6. The van der Waals surface area contributed by atoms with Gasteiger partial charge in [-0.3, -0.25) is 4.79 Å². The first-order valence-corrected chi connectivity index (χ1v) is 8.73. The van der Waals surface area contributed by atoms with Crippen LogP contribution < -0.4 is 0 Å². The Bertz CT molecular complexity index is 491. The van der Waals surface area contributed by atoms with Gasteiger partial charge in [-0.2, -0.15) is 0 Å². The molecule has 0 saturated carbocycles. The van der Waals surface area contributed by atoms with Crippen LogP contribution in [0.3, 0.4) is 0 Å². The Labute approximate surface area is 131 Å². The van der Waals surface area contributed by atoms with Crippen molar-refractivity contribution in [3.05, 3.63) is 34.8 Å². The Balaban J connectivity index is 2.14. The highest BCUT2D eigenvalue weighted by Gasteiger charge is 2.42. The lowest BCUT2D eigenvalue weighted by molar-refractivity contribution is -0.126. The number of rotatable bonds is 5. The van der Waals surface area contributed by atoms with E-state index in [2.05, 4.69) is 48.2 Å². The van der Waals surface area contributed by atoms with Crippen LogP contribution in [0.5, 0.6) is 0 Å². The lowest BCUT2D eigenvalue weighted by Crippen LogP contribution is -2.28. The highest BCUT2D eigenvalue weighted by atomic mass is 31.0. The number of amides is 1. The molecule has 2 aliphatic rings. The van der Waals surface area contributed by atoms with E-state index < -0.39 is 0 Å². The molecule has 1 aliphatic carbocycles. The van der Waals surface area contributed by atoms with Gasteiger partial charge < -0.3 is 4.90 Å². The van der Waals surface area contributed by atoms with Gasteiger partial charge in [-0.1, -0.05) is 44.2 Å². The van der Waals surface area contributed by atoms with Crippen molar-refractivity contribution in [1.29, 1.82) is 0 Å². The standard InChI is InChI=1S/C18H28NOP/c1-4-10-18(11-5-2)12-17(20)19(13-18)16-8-6-15(7-9-16)14(3)21/h6,8-9H,4-5,7,10-13,21H2,1-3H3/b15-14-. The van der Waals surface area contributed by atoms with Crippen molar-refractivity contribution in [3.63, 3.8) is 0 Å². The molecular weight excluding hydrogens is 277 g/mol. The summed E-state index contributed by atoms with van der Waals surface area (Å²) in [6.45, 7) is 7.46. The molecule has 1 heterocycles. The van der Waals surface area contributed by atoms with Crippen LogP contribution in [0.15, 0.2) is 34.8 Å². The maximum absolute atomic E-state index is 12.5. The predicted molar refractivity (Wildman–Crippen MR) is 92.8 cm³/mol. The van der Waals surface area contributed by atoms with Crippen molar-refractivity contribution in [3.8, 4) is 0 Å². The third kappa shape index (κ3) is 3.66. The smallest absolute Gasteiger partial charge is 0.227 e. The van der Waals surface area contributed by atoms with Crippen LogP contribution in [-0.4, -0.2) is 17.4 Å². The average molecular weight is 305 g/mol. The van der Waals surface area contributed by atoms with Gasteiger partial charge in [0.1, 0.15) is 0 Å². The molecule has 1 atom stereocenters. The first-order chi connectivity index (χ1) is 10.0. The minimum Gasteiger partial charge on any atom is -0.312 e. The first-order valence-electron chi connectivity index (χ1n) is 8.15. The predicted octanol–water partition coefficient (Wildman–Crippen LogP) is 4.80. The van der Waals surface area contributed by atoms with Crippen LogP contribution in [0.4, 0.5) is 0 Å². The second kappa shape index (κ2) is 6.92. The van der Waals surface area contributed by atoms with Gasteiger partial charge in [-0.25, -0.2) is 0 Å². The molecule has 0 bridgehead atoms. The monoisotopic (exact) mass is 305 g/mol. The van der Waals surface area contributed by atoms with Crippen molar-refractivity contribution < 1.29 is 4.79 Å². The van der Waals surface area contributed by atoms with E-state index in [4.69, 9.17) is 0 Å². The third-order valence-corrected chi connectivity index (χ3v) is 5.06. The first kappa shape index (κ1) is 16.5. The van der Waals surface area contributed by atoms with Crippen molar-refractivity contribution in [1.82, 2.24) is 4.90 Å². The zero-order valence-corrected chi connectivity index (χ0v) is 14.8. The zero-order chi connectivity index (χ0) is 15.5. The molecule has 1 unspecified atom stereocenters. The Morgan fingerprint density at radius 1 is 1.29 bits per heavy atom. The van der Waals surface area contributed by atoms with Gasteiger partial charge in [-0.15, -0.1) is 9.24 Å². The normalized spacial score (nSPS) is 23.5. The molecule has 1 aliphatic heterocycles. The molecule has 1 amide bonds. The van der Waals surface area contributed by atoms with Crippen molar-refractivity contribution >= 4 is 15.1 Å². The van der Waals surface area contributed by atoms with Crippen LogP contribution in [0.25, 0.3) is 0 Å². The minimum absolute atomic E-state index is 0.210. The van der Waals surface area contributed by atoms with Gasteiger partial charge in [0.15, 0.2) is 0 Å². The average Bonchev–Trinajstić information content (AvgIpc) is 2.76. The second-order valence-corrected chi connectivity index (χ2v) is 7.40. The van der Waals surface area contributed by atoms with E-state index in [1.807, 2.05) is 4.90 Å². The van der Waals surface area contributed by atoms with E-state index in [0.29, 0.717) is 5.91 Å². The van der Waals surface area contributed by atoms with Crippen LogP contribution in [0.1, 0.15) is 59.3 Å². The molecule has 1 fully saturated rings. The molecule has 0 N–H and O–H groups in total. The number of allylic oxidation sites excluding steroid dienone is 5. The Hall–Kier alpha value is -0.880. The van der Waals surface area contributed by atoms with Crippen LogP contribution in [0.2, 0.25) is 0 Å². The van der Waals surface area contributed by atoms with E-state index in [-0.39, 0.29) is 5.41 Å². The highest BCUT2D eigenvalue weighted by molar-refractivity contribution is 7.22. The lowest BCUT2D eigenvalue weighted by atomic mass is 9.78. The fourth-order valence-corrected chi connectivity index (χ4v) is 3.89. The SMILES string of the molecule is CCCC1(CCC)CC(=O)N(C2=CC/C(=C(/C)P)C=C2)C1. The molecule has 116 valence electrons. The molecule has 0 spiro atoms. The summed E-state index contributed by atoms with van der Waals surface area (Å²) in [6.07, 6.45) is 12.8. The van der Waals surface area contributed by atoms with Crippen molar-refractivity contribution in [2.24, 2.45) is 5.41 Å². The molecule has 21 heavy (non-hydrogen) atoms. The van der Waals surface area contributed by atoms with Crippen LogP contribution in [-0.2, 0) is 4.79 Å². The molecule has 1 saturated heterocycles. The fraction of sp³-hybridized carbons (Fsp3) is 0.611. The number of carbonyl (C=O) groups excluding carboxylic acids is 1. The molecule has 3 heteroatoms. The Morgan fingerprint density at radius 3 is 2.43 bits per heavy atom. The second-order valence-electron chi connectivity index (χ2n) is 6.53.